The molecule has 0 spiro atoms. The van der Waals surface area contributed by atoms with Gasteiger partial charge < -0.3 is 15.4 Å². The van der Waals surface area contributed by atoms with Crippen LogP contribution in [-0.2, 0) is 6.18 Å². The van der Waals surface area contributed by atoms with Crippen molar-refractivity contribution in [2.45, 2.75) is 18.7 Å². The Labute approximate surface area is 102 Å². The van der Waals surface area contributed by atoms with E-state index in [2.05, 4.69) is 9.97 Å². The van der Waals surface area contributed by atoms with E-state index in [1.165, 1.54) is 6.07 Å². The number of halogens is 3. The molecule has 0 radical (unpaired) electrons. The molecule has 8 heteroatoms. The van der Waals surface area contributed by atoms with Crippen LogP contribution >= 0.6 is 0 Å². The minimum atomic E-state index is -4.63. The van der Waals surface area contributed by atoms with E-state index in [1.54, 1.807) is 0 Å². The Morgan fingerprint density at radius 3 is 2.72 bits per heavy atom. The number of likely N-dealkylation sites (N-methyl/N-ethyl adjacent to an activating group) is 1. The SMILES string of the molecule is CN1CCC(Oc2cc(N)nc(C(F)(F)F)n2)C1. The number of nitrogen functional groups attached to an aromatic ring is 1. The molecular weight excluding hydrogens is 249 g/mol. The highest BCUT2D eigenvalue weighted by Crippen LogP contribution is 2.28. The maximum absolute atomic E-state index is 12.5. The van der Waals surface area contributed by atoms with Crippen LogP contribution in [0.25, 0.3) is 0 Å². The number of anilines is 1. The number of aromatic nitrogens is 2. The lowest BCUT2D eigenvalue weighted by atomic mass is 10.3. The molecule has 1 fully saturated rings. The summed E-state index contributed by atoms with van der Waals surface area (Å²) in [5, 5.41) is 0. The Hall–Kier alpha value is -1.57. The number of rotatable bonds is 2. The molecule has 100 valence electrons. The number of hydrogen-bond acceptors (Lipinski definition) is 5. The Morgan fingerprint density at radius 1 is 1.44 bits per heavy atom. The molecule has 0 amide bonds. The average molecular weight is 262 g/mol. The Bertz CT molecular complexity index is 438. The molecule has 1 unspecified atom stereocenters. The highest BCUT2D eigenvalue weighted by molar-refractivity contribution is 5.33. The lowest BCUT2D eigenvalue weighted by Gasteiger charge is -2.14. The van der Waals surface area contributed by atoms with Gasteiger partial charge in [0.05, 0.1) is 0 Å². The van der Waals surface area contributed by atoms with Gasteiger partial charge in [0.25, 0.3) is 0 Å². The fourth-order valence-electron chi connectivity index (χ4n) is 1.79. The molecule has 0 saturated carbocycles. The van der Waals surface area contributed by atoms with Gasteiger partial charge in [-0.1, -0.05) is 0 Å². The summed E-state index contributed by atoms with van der Waals surface area (Å²) >= 11 is 0. The second-order valence-electron chi connectivity index (χ2n) is 4.24. The maximum atomic E-state index is 12.5. The minimum Gasteiger partial charge on any atom is -0.473 e. The molecule has 2 rings (SSSR count). The van der Waals surface area contributed by atoms with Crippen LogP contribution in [0.4, 0.5) is 19.0 Å². The van der Waals surface area contributed by atoms with E-state index >= 15 is 0 Å². The molecule has 1 aliphatic rings. The summed E-state index contributed by atoms with van der Waals surface area (Å²) in [6.45, 7) is 1.50. The molecule has 18 heavy (non-hydrogen) atoms. The number of nitrogens with two attached hydrogens (primary N) is 1. The van der Waals surface area contributed by atoms with Gasteiger partial charge in [-0.3, -0.25) is 0 Å². The van der Waals surface area contributed by atoms with Crippen LogP contribution in [0.1, 0.15) is 12.2 Å². The lowest BCUT2D eigenvalue weighted by Crippen LogP contribution is -2.22. The van der Waals surface area contributed by atoms with Gasteiger partial charge in [0.2, 0.25) is 11.7 Å². The molecule has 0 bridgehead atoms. The zero-order chi connectivity index (χ0) is 13.3. The van der Waals surface area contributed by atoms with Crippen molar-refractivity contribution in [1.29, 1.82) is 0 Å². The quantitative estimate of drug-likeness (QED) is 0.866. The topological polar surface area (TPSA) is 64.3 Å². The van der Waals surface area contributed by atoms with Crippen LogP contribution in [0, 0.1) is 0 Å². The average Bonchev–Trinajstić information content (AvgIpc) is 2.61. The number of nitrogens with zero attached hydrogens (tertiary/aromatic N) is 3. The van der Waals surface area contributed by atoms with Gasteiger partial charge in [-0.05, 0) is 13.5 Å². The first-order valence-corrected chi connectivity index (χ1v) is 5.41. The third-order valence-electron chi connectivity index (χ3n) is 2.61. The summed E-state index contributed by atoms with van der Waals surface area (Å²) < 4.78 is 42.8. The van der Waals surface area contributed by atoms with Gasteiger partial charge in [-0.15, -0.1) is 0 Å². The maximum Gasteiger partial charge on any atom is 0.451 e. The molecule has 1 atom stereocenters. The Balaban J connectivity index is 2.15. The van der Waals surface area contributed by atoms with Crippen molar-refractivity contribution in [3.05, 3.63) is 11.9 Å². The van der Waals surface area contributed by atoms with E-state index in [4.69, 9.17) is 10.5 Å². The van der Waals surface area contributed by atoms with E-state index in [1.807, 2.05) is 11.9 Å². The largest absolute Gasteiger partial charge is 0.473 e. The molecule has 1 aliphatic heterocycles. The summed E-state index contributed by atoms with van der Waals surface area (Å²) in [6.07, 6.45) is -4.03. The summed E-state index contributed by atoms with van der Waals surface area (Å²) in [4.78, 5) is 8.51. The van der Waals surface area contributed by atoms with Crippen LogP contribution in [-0.4, -0.2) is 41.1 Å². The second kappa shape index (κ2) is 4.60. The first kappa shape index (κ1) is 12.9. The smallest absolute Gasteiger partial charge is 0.451 e. The number of alkyl halides is 3. The van der Waals surface area contributed by atoms with Gasteiger partial charge >= 0.3 is 6.18 Å². The van der Waals surface area contributed by atoms with Crippen molar-refractivity contribution in [1.82, 2.24) is 14.9 Å². The number of ether oxygens (including phenoxy) is 1. The molecule has 5 nitrogen and oxygen atoms in total. The van der Waals surface area contributed by atoms with Crippen molar-refractivity contribution < 1.29 is 17.9 Å². The van der Waals surface area contributed by atoms with Crippen molar-refractivity contribution in [3.63, 3.8) is 0 Å². The summed E-state index contributed by atoms with van der Waals surface area (Å²) in [6, 6.07) is 1.20. The monoisotopic (exact) mass is 262 g/mol. The van der Waals surface area contributed by atoms with Gasteiger partial charge in [0, 0.05) is 19.2 Å². The lowest BCUT2D eigenvalue weighted by molar-refractivity contribution is -0.145. The third-order valence-corrected chi connectivity index (χ3v) is 2.61. The van der Waals surface area contributed by atoms with Crippen molar-refractivity contribution in [3.8, 4) is 5.88 Å². The Kier molecular flexibility index (Phi) is 3.29. The van der Waals surface area contributed by atoms with Crippen LogP contribution in [0.3, 0.4) is 0 Å². The third kappa shape index (κ3) is 3.00. The molecule has 0 aromatic carbocycles. The van der Waals surface area contributed by atoms with Crippen molar-refractivity contribution in [2.24, 2.45) is 0 Å². The summed E-state index contributed by atoms with van der Waals surface area (Å²) in [7, 11) is 1.92. The zero-order valence-electron chi connectivity index (χ0n) is 9.74. The van der Waals surface area contributed by atoms with E-state index in [0.717, 1.165) is 13.0 Å². The molecule has 2 heterocycles. The minimum absolute atomic E-state index is 0.130. The van der Waals surface area contributed by atoms with Crippen LogP contribution in [0.5, 0.6) is 5.88 Å². The fourth-order valence-corrected chi connectivity index (χ4v) is 1.79. The van der Waals surface area contributed by atoms with E-state index in [9.17, 15) is 13.2 Å². The number of likely N-dealkylation sites (tertiary alicyclic amines) is 1. The molecule has 1 saturated heterocycles. The van der Waals surface area contributed by atoms with Crippen LogP contribution in [0.15, 0.2) is 6.07 Å². The van der Waals surface area contributed by atoms with E-state index in [-0.39, 0.29) is 17.8 Å². The molecule has 1 aromatic rings. The summed E-state index contributed by atoms with van der Waals surface area (Å²) in [5.74, 6) is -1.65. The van der Waals surface area contributed by atoms with Gasteiger partial charge in [-0.25, -0.2) is 4.98 Å². The Morgan fingerprint density at radius 2 is 2.17 bits per heavy atom. The van der Waals surface area contributed by atoms with Crippen LogP contribution < -0.4 is 10.5 Å². The molecule has 0 aliphatic carbocycles. The predicted octanol–water partition coefficient (Wildman–Crippen LogP) is 1.16. The highest BCUT2D eigenvalue weighted by Gasteiger charge is 2.36. The van der Waals surface area contributed by atoms with Gasteiger partial charge in [0.1, 0.15) is 11.9 Å². The molecular formula is C10H13F3N4O. The first-order chi connectivity index (χ1) is 8.34. The predicted molar refractivity (Wildman–Crippen MR) is 58.0 cm³/mol. The van der Waals surface area contributed by atoms with Crippen LogP contribution in [0.2, 0.25) is 0 Å². The summed E-state index contributed by atoms with van der Waals surface area (Å²) in [5.41, 5.74) is 5.32. The van der Waals surface area contributed by atoms with E-state index in [0.29, 0.717) is 6.54 Å². The first-order valence-electron chi connectivity index (χ1n) is 5.41. The highest BCUT2D eigenvalue weighted by atomic mass is 19.4. The fraction of sp³-hybridized carbons (Fsp3) is 0.600. The second-order valence-corrected chi connectivity index (χ2v) is 4.24. The molecule has 2 N–H and O–H groups in total. The van der Waals surface area contributed by atoms with Gasteiger partial charge in [-0.2, -0.15) is 18.2 Å². The standard InChI is InChI=1S/C10H13F3N4O/c1-17-3-2-6(5-17)18-8-4-7(14)15-9(16-8)10(11,12)13/h4,6H,2-3,5H2,1H3,(H2,14,15,16). The normalized spacial score (nSPS) is 21.2. The van der Waals surface area contributed by atoms with Gasteiger partial charge in [0.15, 0.2) is 0 Å². The zero-order valence-corrected chi connectivity index (χ0v) is 9.74. The van der Waals surface area contributed by atoms with E-state index < -0.39 is 12.0 Å². The number of hydrogen-bond donors (Lipinski definition) is 1. The van der Waals surface area contributed by atoms with Crippen molar-refractivity contribution >= 4 is 5.82 Å². The molecule has 1 aromatic heterocycles. The van der Waals surface area contributed by atoms with Crippen molar-refractivity contribution in [2.75, 3.05) is 25.9 Å².